The van der Waals surface area contributed by atoms with Gasteiger partial charge in [0.05, 0.1) is 0 Å². The van der Waals surface area contributed by atoms with Gasteiger partial charge in [-0.1, -0.05) is 20.8 Å². The highest BCUT2D eigenvalue weighted by molar-refractivity contribution is 5.85. The SMILES string of the molecule is CC(C)C(C)CC(=O)N1CC2CCC(N)C2C1.Cl. The van der Waals surface area contributed by atoms with Crippen molar-refractivity contribution in [3.63, 3.8) is 0 Å². The molecule has 0 spiro atoms. The first-order valence-electron chi connectivity index (χ1n) is 7.02. The van der Waals surface area contributed by atoms with Gasteiger partial charge in [0.15, 0.2) is 0 Å². The van der Waals surface area contributed by atoms with Gasteiger partial charge < -0.3 is 10.6 Å². The van der Waals surface area contributed by atoms with Crippen LogP contribution in [0.15, 0.2) is 0 Å². The zero-order valence-corrected chi connectivity index (χ0v) is 12.6. The third-order valence-electron chi connectivity index (χ3n) is 4.90. The van der Waals surface area contributed by atoms with E-state index in [2.05, 4.69) is 25.7 Å². The Labute approximate surface area is 117 Å². The van der Waals surface area contributed by atoms with Gasteiger partial charge in [0, 0.05) is 25.6 Å². The molecule has 1 amide bonds. The van der Waals surface area contributed by atoms with E-state index in [0.29, 0.717) is 42.0 Å². The first-order chi connectivity index (χ1) is 7.99. The molecule has 1 aliphatic carbocycles. The van der Waals surface area contributed by atoms with Gasteiger partial charge in [-0.05, 0) is 36.5 Å². The van der Waals surface area contributed by atoms with E-state index in [9.17, 15) is 4.79 Å². The Balaban J connectivity index is 0.00000162. The van der Waals surface area contributed by atoms with E-state index in [0.717, 1.165) is 19.5 Å². The number of hydrogen-bond acceptors (Lipinski definition) is 2. The van der Waals surface area contributed by atoms with Crippen LogP contribution in [0.5, 0.6) is 0 Å². The molecule has 4 atom stereocenters. The lowest BCUT2D eigenvalue weighted by molar-refractivity contribution is -0.131. The summed E-state index contributed by atoms with van der Waals surface area (Å²) < 4.78 is 0. The number of halogens is 1. The van der Waals surface area contributed by atoms with Crippen LogP contribution in [0.3, 0.4) is 0 Å². The molecule has 0 aromatic carbocycles. The number of carbonyl (C=O) groups is 1. The maximum absolute atomic E-state index is 12.2. The number of nitrogens with two attached hydrogens (primary N) is 1. The number of rotatable bonds is 3. The molecular formula is C14H27ClN2O. The largest absolute Gasteiger partial charge is 0.342 e. The van der Waals surface area contributed by atoms with E-state index in [4.69, 9.17) is 5.73 Å². The lowest BCUT2D eigenvalue weighted by atomic mass is 9.94. The minimum absolute atomic E-state index is 0. The summed E-state index contributed by atoms with van der Waals surface area (Å²) in [6.45, 7) is 8.42. The van der Waals surface area contributed by atoms with Crippen molar-refractivity contribution in [3.05, 3.63) is 0 Å². The van der Waals surface area contributed by atoms with Gasteiger partial charge in [-0.15, -0.1) is 12.4 Å². The molecule has 4 heteroatoms. The van der Waals surface area contributed by atoms with Gasteiger partial charge >= 0.3 is 0 Å². The highest BCUT2D eigenvalue weighted by Crippen LogP contribution is 2.37. The summed E-state index contributed by atoms with van der Waals surface area (Å²) in [5, 5.41) is 0. The molecule has 0 aromatic rings. The first kappa shape index (κ1) is 15.8. The molecule has 2 N–H and O–H groups in total. The van der Waals surface area contributed by atoms with Crippen LogP contribution in [0, 0.1) is 23.7 Å². The molecule has 1 saturated heterocycles. The minimum Gasteiger partial charge on any atom is -0.342 e. The number of amides is 1. The maximum atomic E-state index is 12.2. The van der Waals surface area contributed by atoms with Gasteiger partial charge in [-0.25, -0.2) is 0 Å². The molecule has 0 bridgehead atoms. The summed E-state index contributed by atoms with van der Waals surface area (Å²) in [6, 6.07) is 0.334. The molecule has 1 aliphatic heterocycles. The van der Waals surface area contributed by atoms with Crippen LogP contribution in [0.25, 0.3) is 0 Å². The average Bonchev–Trinajstić information content (AvgIpc) is 2.81. The van der Waals surface area contributed by atoms with Gasteiger partial charge in [0.25, 0.3) is 0 Å². The van der Waals surface area contributed by atoms with Crippen LogP contribution >= 0.6 is 12.4 Å². The fraction of sp³-hybridized carbons (Fsp3) is 0.929. The molecule has 18 heavy (non-hydrogen) atoms. The number of hydrogen-bond donors (Lipinski definition) is 1. The number of fused-ring (bicyclic) bond motifs is 1. The molecule has 2 fully saturated rings. The number of likely N-dealkylation sites (tertiary alicyclic amines) is 1. The monoisotopic (exact) mass is 274 g/mol. The fourth-order valence-corrected chi connectivity index (χ4v) is 3.15. The lowest BCUT2D eigenvalue weighted by Gasteiger charge is -2.22. The smallest absolute Gasteiger partial charge is 0.222 e. The Kier molecular flexibility index (Phi) is 5.47. The van der Waals surface area contributed by atoms with Gasteiger partial charge in [-0.3, -0.25) is 4.79 Å². The van der Waals surface area contributed by atoms with Crippen molar-refractivity contribution >= 4 is 18.3 Å². The highest BCUT2D eigenvalue weighted by atomic mass is 35.5. The van der Waals surface area contributed by atoms with E-state index in [1.54, 1.807) is 0 Å². The van der Waals surface area contributed by atoms with Crippen LogP contribution in [0.1, 0.15) is 40.0 Å². The summed E-state index contributed by atoms with van der Waals surface area (Å²) in [4.78, 5) is 14.2. The number of carbonyl (C=O) groups excluding carboxylic acids is 1. The van der Waals surface area contributed by atoms with E-state index >= 15 is 0 Å². The third-order valence-corrected chi connectivity index (χ3v) is 4.90. The molecule has 1 saturated carbocycles. The first-order valence-corrected chi connectivity index (χ1v) is 7.02. The Morgan fingerprint density at radius 2 is 1.94 bits per heavy atom. The zero-order chi connectivity index (χ0) is 12.6. The second-order valence-corrected chi connectivity index (χ2v) is 6.39. The van der Waals surface area contributed by atoms with Crippen LogP contribution in [0.2, 0.25) is 0 Å². The van der Waals surface area contributed by atoms with E-state index in [1.165, 1.54) is 6.42 Å². The maximum Gasteiger partial charge on any atom is 0.222 e. The third kappa shape index (κ3) is 3.18. The van der Waals surface area contributed by atoms with Crippen LogP contribution in [-0.2, 0) is 4.79 Å². The van der Waals surface area contributed by atoms with Crippen LogP contribution < -0.4 is 5.73 Å². The molecular weight excluding hydrogens is 248 g/mol. The average molecular weight is 275 g/mol. The molecule has 1 heterocycles. The predicted molar refractivity (Wildman–Crippen MR) is 76.6 cm³/mol. The fourth-order valence-electron chi connectivity index (χ4n) is 3.15. The van der Waals surface area contributed by atoms with Crippen molar-refractivity contribution < 1.29 is 4.79 Å². The van der Waals surface area contributed by atoms with E-state index in [-0.39, 0.29) is 12.4 Å². The molecule has 2 aliphatic rings. The summed E-state index contributed by atoms with van der Waals surface area (Å²) in [5.41, 5.74) is 6.09. The van der Waals surface area contributed by atoms with Crippen LogP contribution in [-0.4, -0.2) is 29.9 Å². The molecule has 3 nitrogen and oxygen atoms in total. The zero-order valence-electron chi connectivity index (χ0n) is 11.8. The Bertz CT molecular complexity index is 296. The van der Waals surface area contributed by atoms with Crippen molar-refractivity contribution in [1.29, 1.82) is 0 Å². The van der Waals surface area contributed by atoms with E-state index in [1.807, 2.05) is 0 Å². The van der Waals surface area contributed by atoms with Gasteiger partial charge in [0.2, 0.25) is 5.91 Å². The van der Waals surface area contributed by atoms with Crippen molar-refractivity contribution in [2.75, 3.05) is 13.1 Å². The van der Waals surface area contributed by atoms with Crippen molar-refractivity contribution in [1.82, 2.24) is 4.90 Å². The van der Waals surface area contributed by atoms with Crippen molar-refractivity contribution in [3.8, 4) is 0 Å². The Morgan fingerprint density at radius 3 is 2.50 bits per heavy atom. The minimum atomic E-state index is 0. The normalized spacial score (nSPS) is 32.3. The molecule has 2 rings (SSSR count). The summed E-state index contributed by atoms with van der Waals surface area (Å²) in [5.74, 6) is 2.67. The second kappa shape index (κ2) is 6.25. The standard InChI is InChI=1S/C14H26N2O.ClH/c1-9(2)10(3)6-14(17)16-7-11-4-5-13(15)12(11)8-16;/h9-13H,4-8,15H2,1-3H3;1H. The van der Waals surface area contributed by atoms with Gasteiger partial charge in [-0.2, -0.15) is 0 Å². The van der Waals surface area contributed by atoms with Crippen LogP contribution in [0.4, 0.5) is 0 Å². The second-order valence-electron chi connectivity index (χ2n) is 6.39. The van der Waals surface area contributed by atoms with Gasteiger partial charge in [0.1, 0.15) is 0 Å². The van der Waals surface area contributed by atoms with E-state index < -0.39 is 0 Å². The molecule has 4 unspecified atom stereocenters. The van der Waals surface area contributed by atoms with Crippen molar-refractivity contribution in [2.24, 2.45) is 29.4 Å². The number of nitrogens with zero attached hydrogens (tertiary/aromatic N) is 1. The molecule has 106 valence electrons. The summed E-state index contributed by atoms with van der Waals surface area (Å²) in [7, 11) is 0. The molecule has 0 radical (unpaired) electrons. The quantitative estimate of drug-likeness (QED) is 0.858. The Morgan fingerprint density at radius 1 is 1.28 bits per heavy atom. The Hall–Kier alpha value is -0.280. The topological polar surface area (TPSA) is 46.3 Å². The summed E-state index contributed by atoms with van der Waals surface area (Å²) >= 11 is 0. The summed E-state index contributed by atoms with van der Waals surface area (Å²) in [6.07, 6.45) is 3.07. The highest BCUT2D eigenvalue weighted by Gasteiger charge is 2.42. The van der Waals surface area contributed by atoms with Crippen molar-refractivity contribution in [2.45, 2.75) is 46.1 Å². The predicted octanol–water partition coefficient (Wildman–Crippen LogP) is 2.29. The lowest BCUT2D eigenvalue weighted by Crippen LogP contribution is -2.34. The molecule has 0 aromatic heterocycles.